The summed E-state index contributed by atoms with van der Waals surface area (Å²) in [7, 11) is -2.62. The molecule has 0 aliphatic heterocycles. The van der Waals surface area contributed by atoms with Crippen molar-refractivity contribution in [1.82, 2.24) is 10.2 Å². The number of nitrogens with one attached hydrogen (secondary N) is 2. The van der Waals surface area contributed by atoms with Gasteiger partial charge in [-0.2, -0.15) is 5.10 Å². The zero-order valence-electron chi connectivity index (χ0n) is 12.1. The molecule has 0 amide bonds. The SMILES string of the molecule is COC(=O)c1cccc(S(=O)(=O)Nc2cccc3cn[nH]c23)c1. The van der Waals surface area contributed by atoms with Gasteiger partial charge in [0.2, 0.25) is 0 Å². The maximum absolute atomic E-state index is 12.5. The minimum atomic E-state index is -3.85. The Hall–Kier alpha value is -2.87. The molecule has 0 spiro atoms. The van der Waals surface area contributed by atoms with E-state index in [0.717, 1.165) is 5.39 Å². The second-order valence-corrected chi connectivity index (χ2v) is 6.45. The van der Waals surface area contributed by atoms with Crippen LogP contribution >= 0.6 is 0 Å². The van der Waals surface area contributed by atoms with E-state index in [1.54, 1.807) is 18.3 Å². The van der Waals surface area contributed by atoms with E-state index in [0.29, 0.717) is 11.2 Å². The number of H-pyrrole nitrogens is 1. The highest BCUT2D eigenvalue weighted by molar-refractivity contribution is 7.92. The number of fused-ring (bicyclic) bond motifs is 1. The number of sulfonamides is 1. The Kier molecular flexibility index (Phi) is 3.75. The molecule has 0 aliphatic rings. The number of carbonyl (C=O) groups excluding carboxylic acids is 1. The summed E-state index contributed by atoms with van der Waals surface area (Å²) < 4.78 is 32.2. The average molecular weight is 331 g/mol. The molecule has 2 N–H and O–H groups in total. The van der Waals surface area contributed by atoms with E-state index in [-0.39, 0.29) is 10.5 Å². The van der Waals surface area contributed by atoms with E-state index in [1.165, 1.54) is 31.4 Å². The van der Waals surface area contributed by atoms with Crippen LogP contribution in [0.1, 0.15) is 10.4 Å². The predicted octanol–water partition coefficient (Wildman–Crippen LogP) is 2.15. The van der Waals surface area contributed by atoms with Crippen LogP contribution in [0.3, 0.4) is 0 Å². The van der Waals surface area contributed by atoms with E-state index in [9.17, 15) is 13.2 Å². The number of para-hydroxylation sites is 1. The standard InChI is InChI=1S/C15H13N3O4S/c1-22-15(19)10-4-2-6-12(8-10)23(20,21)18-13-7-3-5-11-9-16-17-14(11)13/h2-9,18H,1H3,(H,16,17). The van der Waals surface area contributed by atoms with Crippen LogP contribution in [-0.2, 0) is 14.8 Å². The molecular formula is C15H13N3O4S. The minimum Gasteiger partial charge on any atom is -0.465 e. The molecule has 2 aromatic carbocycles. The summed E-state index contributed by atoms with van der Waals surface area (Å²) in [6.07, 6.45) is 1.60. The van der Waals surface area contributed by atoms with Gasteiger partial charge in [-0.15, -0.1) is 0 Å². The Labute approximate surface area is 132 Å². The third-order valence-corrected chi connectivity index (χ3v) is 4.65. The van der Waals surface area contributed by atoms with E-state index in [2.05, 4.69) is 19.7 Å². The third kappa shape index (κ3) is 2.88. The van der Waals surface area contributed by atoms with E-state index in [1.807, 2.05) is 6.07 Å². The first kappa shape index (κ1) is 15.0. The number of nitrogens with zero attached hydrogens (tertiary/aromatic N) is 1. The Balaban J connectivity index is 1.99. The number of rotatable bonds is 4. The monoisotopic (exact) mass is 331 g/mol. The lowest BCUT2D eigenvalue weighted by atomic mass is 10.2. The largest absolute Gasteiger partial charge is 0.465 e. The fourth-order valence-electron chi connectivity index (χ4n) is 2.17. The molecule has 0 unspecified atom stereocenters. The van der Waals surface area contributed by atoms with Gasteiger partial charge in [-0.1, -0.05) is 18.2 Å². The molecule has 0 saturated heterocycles. The number of carbonyl (C=O) groups is 1. The lowest BCUT2D eigenvalue weighted by Gasteiger charge is -2.09. The van der Waals surface area contributed by atoms with Gasteiger partial charge in [0.1, 0.15) is 0 Å². The summed E-state index contributed by atoms with van der Waals surface area (Å²) in [5, 5.41) is 7.43. The minimum absolute atomic E-state index is 0.0306. The van der Waals surface area contributed by atoms with Crippen LogP contribution in [0.2, 0.25) is 0 Å². The van der Waals surface area contributed by atoms with Crippen LogP contribution in [-0.4, -0.2) is 31.7 Å². The van der Waals surface area contributed by atoms with Crippen molar-refractivity contribution >= 4 is 32.6 Å². The number of methoxy groups -OCH3 is 1. The summed E-state index contributed by atoms with van der Waals surface area (Å²) in [5.74, 6) is -0.599. The molecular weight excluding hydrogens is 318 g/mol. The van der Waals surface area contributed by atoms with Gasteiger partial charge in [0.25, 0.3) is 10.0 Å². The summed E-state index contributed by atoms with van der Waals surface area (Å²) in [6.45, 7) is 0. The summed E-state index contributed by atoms with van der Waals surface area (Å²) in [4.78, 5) is 11.5. The van der Waals surface area contributed by atoms with E-state index >= 15 is 0 Å². The van der Waals surface area contributed by atoms with Gasteiger partial charge in [-0.3, -0.25) is 9.82 Å². The maximum Gasteiger partial charge on any atom is 0.337 e. The van der Waals surface area contributed by atoms with Crippen LogP contribution in [0.25, 0.3) is 10.9 Å². The number of benzene rings is 2. The molecule has 118 valence electrons. The Morgan fingerprint density at radius 1 is 1.22 bits per heavy atom. The third-order valence-electron chi connectivity index (χ3n) is 3.29. The number of esters is 1. The van der Waals surface area contributed by atoms with Crippen molar-refractivity contribution in [3.8, 4) is 0 Å². The molecule has 1 aromatic heterocycles. The predicted molar refractivity (Wildman–Crippen MR) is 84.7 cm³/mol. The molecule has 0 radical (unpaired) electrons. The van der Waals surface area contributed by atoms with Gasteiger partial charge >= 0.3 is 5.97 Å². The summed E-state index contributed by atoms with van der Waals surface area (Å²) in [6, 6.07) is 10.8. The molecule has 23 heavy (non-hydrogen) atoms. The van der Waals surface area contributed by atoms with Gasteiger partial charge in [-0.05, 0) is 24.3 Å². The van der Waals surface area contributed by atoms with Crippen LogP contribution in [0, 0.1) is 0 Å². The molecule has 3 aromatic rings. The molecule has 1 heterocycles. The second-order valence-electron chi connectivity index (χ2n) is 4.76. The number of hydrogen-bond donors (Lipinski definition) is 2. The second kappa shape index (κ2) is 5.73. The van der Waals surface area contributed by atoms with Crippen molar-refractivity contribution in [2.75, 3.05) is 11.8 Å². The van der Waals surface area contributed by atoms with Gasteiger partial charge in [0, 0.05) is 5.39 Å². The summed E-state index contributed by atoms with van der Waals surface area (Å²) in [5.41, 5.74) is 1.12. The van der Waals surface area contributed by atoms with E-state index < -0.39 is 16.0 Å². The van der Waals surface area contributed by atoms with Crippen LogP contribution in [0.15, 0.2) is 53.6 Å². The topological polar surface area (TPSA) is 101 Å². The number of hydrogen-bond acceptors (Lipinski definition) is 5. The van der Waals surface area contributed by atoms with Crippen molar-refractivity contribution in [3.63, 3.8) is 0 Å². The number of aromatic nitrogens is 2. The number of ether oxygens (including phenoxy) is 1. The first-order chi connectivity index (χ1) is 11.0. The Bertz CT molecular complexity index is 979. The highest BCUT2D eigenvalue weighted by atomic mass is 32.2. The van der Waals surface area contributed by atoms with Crippen molar-refractivity contribution in [1.29, 1.82) is 0 Å². The van der Waals surface area contributed by atoms with Crippen LogP contribution in [0.5, 0.6) is 0 Å². The van der Waals surface area contributed by atoms with Crippen LogP contribution in [0.4, 0.5) is 5.69 Å². The number of aromatic amines is 1. The van der Waals surface area contributed by atoms with Crippen molar-refractivity contribution in [2.45, 2.75) is 4.90 Å². The van der Waals surface area contributed by atoms with Gasteiger partial charge < -0.3 is 4.74 Å². The highest BCUT2D eigenvalue weighted by Gasteiger charge is 2.18. The molecule has 3 rings (SSSR count). The average Bonchev–Trinajstić information content (AvgIpc) is 3.04. The first-order valence-electron chi connectivity index (χ1n) is 6.64. The molecule has 0 fully saturated rings. The fraction of sp³-hybridized carbons (Fsp3) is 0.0667. The first-order valence-corrected chi connectivity index (χ1v) is 8.13. The fourth-order valence-corrected chi connectivity index (χ4v) is 3.28. The molecule has 0 atom stereocenters. The highest BCUT2D eigenvalue weighted by Crippen LogP contribution is 2.24. The maximum atomic E-state index is 12.5. The number of anilines is 1. The lowest BCUT2D eigenvalue weighted by molar-refractivity contribution is 0.0600. The lowest BCUT2D eigenvalue weighted by Crippen LogP contribution is -2.14. The zero-order valence-corrected chi connectivity index (χ0v) is 12.9. The smallest absolute Gasteiger partial charge is 0.337 e. The molecule has 0 saturated carbocycles. The van der Waals surface area contributed by atoms with Crippen molar-refractivity contribution < 1.29 is 17.9 Å². The Morgan fingerprint density at radius 3 is 2.78 bits per heavy atom. The quantitative estimate of drug-likeness (QED) is 0.713. The Morgan fingerprint density at radius 2 is 2.00 bits per heavy atom. The van der Waals surface area contributed by atoms with Gasteiger partial charge in [-0.25, -0.2) is 13.2 Å². The molecule has 0 aliphatic carbocycles. The molecule has 7 nitrogen and oxygen atoms in total. The van der Waals surface area contributed by atoms with Crippen molar-refractivity contribution in [3.05, 3.63) is 54.2 Å². The summed E-state index contributed by atoms with van der Waals surface area (Å²) >= 11 is 0. The van der Waals surface area contributed by atoms with Gasteiger partial charge in [0.15, 0.2) is 0 Å². The normalized spacial score (nSPS) is 11.3. The van der Waals surface area contributed by atoms with Gasteiger partial charge in [0.05, 0.1) is 35.0 Å². The van der Waals surface area contributed by atoms with Crippen LogP contribution < -0.4 is 4.72 Å². The zero-order chi connectivity index (χ0) is 16.4. The molecule has 8 heteroatoms. The van der Waals surface area contributed by atoms with E-state index in [4.69, 9.17) is 0 Å². The van der Waals surface area contributed by atoms with Crippen molar-refractivity contribution in [2.24, 2.45) is 0 Å². The molecule has 0 bridgehead atoms.